The number of anilines is 1. The van der Waals surface area contributed by atoms with E-state index >= 15 is 0 Å². The Bertz CT molecular complexity index is 688. The molecule has 0 aromatic heterocycles. The lowest BCUT2D eigenvalue weighted by Crippen LogP contribution is -2.24. The first-order valence-corrected chi connectivity index (χ1v) is 7.85. The van der Waals surface area contributed by atoms with E-state index in [1.165, 1.54) is 11.1 Å². The summed E-state index contributed by atoms with van der Waals surface area (Å²) in [6, 6.07) is 16.1. The van der Waals surface area contributed by atoms with Gasteiger partial charge in [0, 0.05) is 16.1 Å². The summed E-state index contributed by atoms with van der Waals surface area (Å²) < 4.78 is 0. The Balaban J connectivity index is 1.66. The SMILES string of the molecule is Cc1ccc(NC(N)=NCC2(c3cccc(Cl)c3)CC2)cc1. The molecule has 1 aliphatic carbocycles. The van der Waals surface area contributed by atoms with Crippen LogP contribution in [0.5, 0.6) is 0 Å². The molecule has 114 valence electrons. The van der Waals surface area contributed by atoms with E-state index in [2.05, 4.69) is 23.3 Å². The molecule has 0 heterocycles. The number of halogens is 1. The van der Waals surface area contributed by atoms with E-state index in [0.29, 0.717) is 12.5 Å². The smallest absolute Gasteiger partial charge is 0.193 e. The van der Waals surface area contributed by atoms with Crippen molar-refractivity contribution in [3.63, 3.8) is 0 Å². The van der Waals surface area contributed by atoms with Gasteiger partial charge in [0.2, 0.25) is 0 Å². The molecule has 0 aliphatic heterocycles. The summed E-state index contributed by atoms with van der Waals surface area (Å²) in [7, 11) is 0. The van der Waals surface area contributed by atoms with Gasteiger partial charge in [0.1, 0.15) is 0 Å². The van der Waals surface area contributed by atoms with Crippen LogP contribution in [0.3, 0.4) is 0 Å². The zero-order valence-electron chi connectivity index (χ0n) is 12.6. The Morgan fingerprint density at radius 1 is 1.23 bits per heavy atom. The van der Waals surface area contributed by atoms with Crippen molar-refractivity contribution in [2.45, 2.75) is 25.2 Å². The maximum Gasteiger partial charge on any atom is 0.193 e. The molecule has 0 bridgehead atoms. The van der Waals surface area contributed by atoms with E-state index in [1.807, 2.05) is 42.5 Å². The average Bonchev–Trinajstić information content (AvgIpc) is 3.29. The van der Waals surface area contributed by atoms with Crippen LogP contribution in [0.1, 0.15) is 24.0 Å². The second-order valence-electron chi connectivity index (χ2n) is 5.98. The summed E-state index contributed by atoms with van der Waals surface area (Å²) in [5.74, 6) is 0.456. The minimum atomic E-state index is 0.116. The molecule has 0 unspecified atom stereocenters. The van der Waals surface area contributed by atoms with Crippen LogP contribution in [0.25, 0.3) is 0 Å². The first-order valence-electron chi connectivity index (χ1n) is 7.47. The third-order valence-corrected chi connectivity index (χ3v) is 4.40. The van der Waals surface area contributed by atoms with Crippen molar-refractivity contribution in [2.24, 2.45) is 10.7 Å². The Labute approximate surface area is 136 Å². The van der Waals surface area contributed by atoms with E-state index in [0.717, 1.165) is 23.6 Å². The van der Waals surface area contributed by atoms with Gasteiger partial charge in [-0.15, -0.1) is 0 Å². The van der Waals surface area contributed by atoms with Crippen molar-refractivity contribution in [1.82, 2.24) is 0 Å². The molecule has 3 rings (SSSR count). The number of nitrogens with one attached hydrogen (secondary N) is 1. The highest BCUT2D eigenvalue weighted by Gasteiger charge is 2.44. The molecule has 1 fully saturated rings. The molecule has 1 aliphatic rings. The number of aliphatic imine (C=N–C) groups is 1. The predicted molar refractivity (Wildman–Crippen MR) is 93.7 cm³/mol. The van der Waals surface area contributed by atoms with Crippen molar-refractivity contribution in [3.8, 4) is 0 Å². The molecule has 2 aromatic carbocycles. The van der Waals surface area contributed by atoms with Crippen LogP contribution >= 0.6 is 11.6 Å². The van der Waals surface area contributed by atoms with Crippen LogP contribution in [-0.2, 0) is 5.41 Å². The first kappa shape index (κ1) is 14.9. The number of nitrogens with two attached hydrogens (primary N) is 1. The second kappa shape index (κ2) is 6.01. The Hall–Kier alpha value is -2.00. The van der Waals surface area contributed by atoms with Crippen LogP contribution in [0, 0.1) is 6.92 Å². The van der Waals surface area contributed by atoms with E-state index in [-0.39, 0.29) is 5.41 Å². The van der Waals surface area contributed by atoms with Crippen LogP contribution < -0.4 is 11.1 Å². The zero-order valence-corrected chi connectivity index (χ0v) is 13.4. The molecular weight excluding hydrogens is 294 g/mol. The predicted octanol–water partition coefficient (Wildman–Crippen LogP) is 4.11. The van der Waals surface area contributed by atoms with Gasteiger partial charge in [0.15, 0.2) is 5.96 Å². The minimum absolute atomic E-state index is 0.116. The lowest BCUT2D eigenvalue weighted by Gasteiger charge is -2.14. The number of nitrogens with zero attached hydrogens (tertiary/aromatic N) is 1. The molecule has 0 radical (unpaired) electrons. The van der Waals surface area contributed by atoms with Crippen molar-refractivity contribution in [2.75, 3.05) is 11.9 Å². The normalized spacial score (nSPS) is 16.4. The number of guanidine groups is 1. The van der Waals surface area contributed by atoms with Gasteiger partial charge in [0.05, 0.1) is 6.54 Å². The van der Waals surface area contributed by atoms with E-state index < -0.39 is 0 Å². The first-order chi connectivity index (χ1) is 10.6. The van der Waals surface area contributed by atoms with Gasteiger partial charge < -0.3 is 11.1 Å². The lowest BCUT2D eigenvalue weighted by atomic mass is 9.96. The molecule has 3 N–H and O–H groups in total. The highest BCUT2D eigenvalue weighted by atomic mass is 35.5. The fourth-order valence-electron chi connectivity index (χ4n) is 2.57. The fourth-order valence-corrected chi connectivity index (χ4v) is 2.76. The molecule has 1 saturated carbocycles. The molecule has 0 spiro atoms. The largest absolute Gasteiger partial charge is 0.370 e. The molecule has 2 aromatic rings. The summed E-state index contributed by atoms with van der Waals surface area (Å²) in [6.07, 6.45) is 2.27. The summed E-state index contributed by atoms with van der Waals surface area (Å²) in [5.41, 5.74) is 9.55. The number of hydrogen-bond donors (Lipinski definition) is 2. The Morgan fingerprint density at radius 3 is 2.59 bits per heavy atom. The van der Waals surface area contributed by atoms with E-state index in [4.69, 9.17) is 17.3 Å². The number of rotatable bonds is 4. The highest BCUT2D eigenvalue weighted by Crippen LogP contribution is 2.48. The van der Waals surface area contributed by atoms with Crippen molar-refractivity contribution >= 4 is 23.2 Å². The summed E-state index contributed by atoms with van der Waals surface area (Å²) in [6.45, 7) is 2.75. The minimum Gasteiger partial charge on any atom is -0.370 e. The van der Waals surface area contributed by atoms with Gasteiger partial charge in [-0.25, -0.2) is 0 Å². The maximum absolute atomic E-state index is 6.09. The van der Waals surface area contributed by atoms with Gasteiger partial charge in [-0.05, 0) is 49.6 Å². The molecule has 0 amide bonds. The fraction of sp³-hybridized carbons (Fsp3) is 0.278. The average molecular weight is 314 g/mol. The van der Waals surface area contributed by atoms with Crippen LogP contribution in [0.4, 0.5) is 5.69 Å². The van der Waals surface area contributed by atoms with Crippen molar-refractivity contribution in [3.05, 3.63) is 64.7 Å². The summed E-state index contributed by atoms with van der Waals surface area (Å²) in [4.78, 5) is 4.52. The van der Waals surface area contributed by atoms with E-state index in [9.17, 15) is 0 Å². The lowest BCUT2D eigenvalue weighted by molar-refractivity contribution is 0.705. The summed E-state index contributed by atoms with van der Waals surface area (Å²) in [5, 5.41) is 3.91. The molecule has 0 saturated heterocycles. The molecule has 4 heteroatoms. The Morgan fingerprint density at radius 2 is 1.95 bits per heavy atom. The van der Waals surface area contributed by atoms with Gasteiger partial charge in [-0.3, -0.25) is 4.99 Å². The number of aryl methyl sites for hydroxylation is 1. The van der Waals surface area contributed by atoms with Crippen LogP contribution in [-0.4, -0.2) is 12.5 Å². The number of hydrogen-bond acceptors (Lipinski definition) is 1. The molecule has 0 atom stereocenters. The van der Waals surface area contributed by atoms with Gasteiger partial charge in [0.25, 0.3) is 0 Å². The topological polar surface area (TPSA) is 50.4 Å². The Kier molecular flexibility index (Phi) is 4.08. The highest BCUT2D eigenvalue weighted by molar-refractivity contribution is 6.30. The summed E-state index contributed by atoms with van der Waals surface area (Å²) >= 11 is 6.09. The second-order valence-corrected chi connectivity index (χ2v) is 6.42. The van der Waals surface area contributed by atoms with Gasteiger partial charge >= 0.3 is 0 Å². The van der Waals surface area contributed by atoms with E-state index in [1.54, 1.807) is 0 Å². The van der Waals surface area contributed by atoms with Crippen molar-refractivity contribution in [1.29, 1.82) is 0 Å². The quantitative estimate of drug-likeness (QED) is 0.659. The van der Waals surface area contributed by atoms with Crippen LogP contribution in [0.2, 0.25) is 5.02 Å². The third kappa shape index (κ3) is 3.42. The zero-order chi connectivity index (χ0) is 15.6. The standard InChI is InChI=1S/C18H20ClN3/c1-13-5-7-16(8-6-13)22-17(20)21-12-18(9-10-18)14-3-2-4-15(19)11-14/h2-8,11H,9-10,12H2,1H3,(H3,20,21,22). The van der Waals surface area contributed by atoms with Gasteiger partial charge in [-0.2, -0.15) is 0 Å². The molecule has 22 heavy (non-hydrogen) atoms. The number of benzene rings is 2. The molecular formula is C18H20ClN3. The molecule has 3 nitrogen and oxygen atoms in total. The van der Waals surface area contributed by atoms with Crippen LogP contribution in [0.15, 0.2) is 53.5 Å². The monoisotopic (exact) mass is 313 g/mol. The maximum atomic E-state index is 6.09. The van der Waals surface area contributed by atoms with Gasteiger partial charge in [-0.1, -0.05) is 41.4 Å². The third-order valence-electron chi connectivity index (χ3n) is 4.17. The van der Waals surface area contributed by atoms with Crippen molar-refractivity contribution < 1.29 is 0 Å².